The summed E-state index contributed by atoms with van der Waals surface area (Å²) >= 11 is 0. The van der Waals surface area contributed by atoms with E-state index in [1.165, 1.54) is 13.8 Å². The predicted octanol–water partition coefficient (Wildman–Crippen LogP) is 1.61. The van der Waals surface area contributed by atoms with Crippen molar-refractivity contribution in [3.63, 3.8) is 0 Å². The monoisotopic (exact) mass is 427 g/mol. The van der Waals surface area contributed by atoms with E-state index in [4.69, 9.17) is 4.74 Å². The largest absolute Gasteiger partial charge is 0.454 e. The van der Waals surface area contributed by atoms with Crippen molar-refractivity contribution in [1.29, 1.82) is 0 Å². The van der Waals surface area contributed by atoms with Crippen molar-refractivity contribution < 1.29 is 23.9 Å². The molecule has 10 nitrogen and oxygen atoms in total. The number of aromatic nitrogens is 2. The quantitative estimate of drug-likeness (QED) is 0.533. The molecule has 10 heteroatoms. The Morgan fingerprint density at radius 2 is 1.77 bits per heavy atom. The number of hydrogen-bond donors (Lipinski definition) is 2. The van der Waals surface area contributed by atoms with Crippen LogP contribution in [0.1, 0.15) is 30.8 Å². The molecule has 0 radical (unpaired) electrons. The molecule has 0 spiro atoms. The van der Waals surface area contributed by atoms with Crippen LogP contribution in [0.15, 0.2) is 24.3 Å². The summed E-state index contributed by atoms with van der Waals surface area (Å²) in [6, 6.07) is 7.12. The zero-order valence-corrected chi connectivity index (χ0v) is 18.1. The minimum absolute atomic E-state index is 0.525. The molecule has 0 bridgehead atoms. The van der Waals surface area contributed by atoms with Gasteiger partial charge in [-0.2, -0.15) is 5.10 Å². The lowest BCUT2D eigenvalue weighted by molar-refractivity contribution is -0.150. The third-order valence-electron chi connectivity index (χ3n) is 4.93. The molecule has 0 atom stereocenters. The number of hydrogen-bond acceptors (Lipinski definition) is 6. The summed E-state index contributed by atoms with van der Waals surface area (Å²) in [6.45, 7) is 7.52. The van der Waals surface area contributed by atoms with Crippen molar-refractivity contribution in [2.45, 2.75) is 40.2 Å². The smallest absolute Gasteiger partial charge is 0.326 e. The Hall–Kier alpha value is -3.69. The molecule has 2 heterocycles. The topological polar surface area (TPSA) is 123 Å². The number of esters is 1. The lowest BCUT2D eigenvalue weighted by Crippen LogP contribution is -2.41. The summed E-state index contributed by atoms with van der Waals surface area (Å²) in [5.41, 5.74) is 2.76. The number of nitrogens with zero attached hydrogens (tertiary/aromatic N) is 3. The number of nitrogens with one attached hydrogen (secondary N) is 2. The maximum absolute atomic E-state index is 12.3. The van der Waals surface area contributed by atoms with Gasteiger partial charge in [0.05, 0.1) is 22.8 Å². The van der Waals surface area contributed by atoms with Crippen LogP contribution in [0.3, 0.4) is 0 Å². The molecule has 1 saturated heterocycles. The number of urea groups is 1. The van der Waals surface area contributed by atoms with Gasteiger partial charge in [0.2, 0.25) is 0 Å². The van der Waals surface area contributed by atoms with Gasteiger partial charge in [-0.25, -0.2) is 9.48 Å². The van der Waals surface area contributed by atoms with E-state index in [0.29, 0.717) is 11.4 Å². The molecule has 164 valence electrons. The van der Waals surface area contributed by atoms with Gasteiger partial charge in [0.15, 0.2) is 6.61 Å². The summed E-state index contributed by atoms with van der Waals surface area (Å²) in [5, 5.41) is 9.63. The number of ether oxygens (including phenoxy) is 1. The average Bonchev–Trinajstić information content (AvgIpc) is 3.08. The van der Waals surface area contributed by atoms with Crippen molar-refractivity contribution in [1.82, 2.24) is 20.0 Å². The van der Waals surface area contributed by atoms with E-state index in [9.17, 15) is 19.2 Å². The molecule has 1 aliphatic rings. The number of benzene rings is 1. The Morgan fingerprint density at radius 1 is 1.13 bits per heavy atom. The van der Waals surface area contributed by atoms with Gasteiger partial charge in [-0.3, -0.25) is 19.3 Å². The Labute approximate surface area is 179 Å². The molecule has 0 saturated carbocycles. The fourth-order valence-corrected chi connectivity index (χ4v) is 3.22. The third kappa shape index (κ3) is 4.57. The molecule has 4 amide bonds. The molecule has 2 aromatic rings. The SMILES string of the molecule is Cc1ccc(-n2nc(C)c(NC(=O)COC(=O)CN3C(=O)NC(C)(C)C3=O)c2C)cc1. The number of imide groups is 1. The Balaban J connectivity index is 1.59. The highest BCUT2D eigenvalue weighted by atomic mass is 16.5. The number of amides is 4. The molecule has 2 N–H and O–H groups in total. The first-order chi connectivity index (χ1) is 14.5. The van der Waals surface area contributed by atoms with E-state index < -0.39 is 42.5 Å². The average molecular weight is 427 g/mol. The lowest BCUT2D eigenvalue weighted by atomic mass is 10.1. The van der Waals surface area contributed by atoms with Crippen LogP contribution in [-0.2, 0) is 19.1 Å². The van der Waals surface area contributed by atoms with Gasteiger partial charge in [-0.1, -0.05) is 17.7 Å². The molecule has 0 aliphatic carbocycles. The summed E-state index contributed by atoms with van der Waals surface area (Å²) in [5.74, 6) is -1.95. The lowest BCUT2D eigenvalue weighted by Gasteiger charge is -2.15. The van der Waals surface area contributed by atoms with E-state index in [1.54, 1.807) is 11.6 Å². The predicted molar refractivity (Wildman–Crippen MR) is 112 cm³/mol. The maximum Gasteiger partial charge on any atom is 0.326 e. The second-order valence-electron chi connectivity index (χ2n) is 7.95. The minimum Gasteiger partial charge on any atom is -0.454 e. The summed E-state index contributed by atoms with van der Waals surface area (Å²) in [7, 11) is 0. The zero-order valence-electron chi connectivity index (χ0n) is 18.1. The van der Waals surface area contributed by atoms with Crippen molar-refractivity contribution in [3.8, 4) is 5.69 Å². The third-order valence-corrected chi connectivity index (χ3v) is 4.93. The molecule has 3 rings (SSSR count). The fourth-order valence-electron chi connectivity index (χ4n) is 3.22. The van der Waals surface area contributed by atoms with Crippen molar-refractivity contribution >= 4 is 29.5 Å². The van der Waals surface area contributed by atoms with Crippen LogP contribution >= 0.6 is 0 Å². The van der Waals surface area contributed by atoms with E-state index in [1.807, 2.05) is 38.1 Å². The summed E-state index contributed by atoms with van der Waals surface area (Å²) < 4.78 is 6.65. The Kier molecular flexibility index (Phi) is 5.83. The highest BCUT2D eigenvalue weighted by Crippen LogP contribution is 2.23. The second kappa shape index (κ2) is 8.21. The normalized spacial score (nSPS) is 15.1. The van der Waals surface area contributed by atoms with E-state index in [2.05, 4.69) is 15.7 Å². The molecule has 1 fully saturated rings. The molecule has 31 heavy (non-hydrogen) atoms. The highest BCUT2D eigenvalue weighted by molar-refractivity contribution is 6.08. The second-order valence-corrected chi connectivity index (χ2v) is 7.95. The number of anilines is 1. The van der Waals surface area contributed by atoms with Crippen LogP contribution in [0.4, 0.5) is 10.5 Å². The standard InChI is InChI=1S/C21H25N5O5/c1-12-6-8-15(9-7-12)26-14(3)18(13(2)24-26)22-16(27)11-31-17(28)10-25-19(29)21(4,5)23-20(25)30/h6-9H,10-11H2,1-5H3,(H,22,27)(H,23,30). The number of aryl methyl sites for hydroxylation is 2. The van der Waals surface area contributed by atoms with Crippen molar-refractivity contribution in [3.05, 3.63) is 41.2 Å². The van der Waals surface area contributed by atoms with Crippen LogP contribution < -0.4 is 10.6 Å². The van der Waals surface area contributed by atoms with Crippen LogP contribution in [-0.4, -0.2) is 57.2 Å². The Morgan fingerprint density at radius 3 is 2.35 bits per heavy atom. The highest BCUT2D eigenvalue weighted by Gasteiger charge is 2.45. The molecular formula is C21H25N5O5. The van der Waals surface area contributed by atoms with Gasteiger partial charge < -0.3 is 15.4 Å². The minimum atomic E-state index is -1.08. The van der Waals surface area contributed by atoms with Crippen molar-refractivity contribution in [2.24, 2.45) is 0 Å². The zero-order chi connectivity index (χ0) is 22.9. The molecule has 1 aromatic carbocycles. The maximum atomic E-state index is 12.3. The van der Waals surface area contributed by atoms with Crippen molar-refractivity contribution in [2.75, 3.05) is 18.5 Å². The van der Waals surface area contributed by atoms with E-state index >= 15 is 0 Å². The van der Waals surface area contributed by atoms with Crippen LogP contribution in [0, 0.1) is 20.8 Å². The van der Waals surface area contributed by atoms with Gasteiger partial charge in [-0.05, 0) is 46.8 Å². The van der Waals surface area contributed by atoms with Crippen LogP contribution in [0.2, 0.25) is 0 Å². The number of carbonyl (C=O) groups is 4. The summed E-state index contributed by atoms with van der Waals surface area (Å²) in [6.07, 6.45) is 0. The fraction of sp³-hybridized carbons (Fsp3) is 0.381. The first kappa shape index (κ1) is 22.0. The van der Waals surface area contributed by atoms with Gasteiger partial charge in [0, 0.05) is 0 Å². The number of rotatable bonds is 6. The van der Waals surface area contributed by atoms with Crippen LogP contribution in [0.25, 0.3) is 5.69 Å². The van der Waals surface area contributed by atoms with Gasteiger partial charge in [0.25, 0.3) is 11.8 Å². The van der Waals surface area contributed by atoms with E-state index in [-0.39, 0.29) is 0 Å². The van der Waals surface area contributed by atoms with Gasteiger partial charge in [-0.15, -0.1) is 0 Å². The van der Waals surface area contributed by atoms with E-state index in [0.717, 1.165) is 21.8 Å². The van der Waals surface area contributed by atoms with Gasteiger partial charge in [0.1, 0.15) is 12.1 Å². The molecule has 1 aliphatic heterocycles. The van der Waals surface area contributed by atoms with Gasteiger partial charge >= 0.3 is 12.0 Å². The van der Waals surface area contributed by atoms with Crippen LogP contribution in [0.5, 0.6) is 0 Å². The Bertz CT molecular complexity index is 1050. The number of carbonyl (C=O) groups excluding carboxylic acids is 4. The first-order valence-corrected chi connectivity index (χ1v) is 9.72. The molecule has 0 unspecified atom stereocenters. The first-order valence-electron chi connectivity index (χ1n) is 9.72. The molecule has 1 aromatic heterocycles. The molecular weight excluding hydrogens is 402 g/mol. The summed E-state index contributed by atoms with van der Waals surface area (Å²) in [4.78, 5) is 49.0.